The van der Waals surface area contributed by atoms with Crippen molar-refractivity contribution in [1.82, 2.24) is 4.98 Å². The Morgan fingerprint density at radius 2 is 2.09 bits per heavy atom. The molecule has 0 aliphatic carbocycles. The normalized spacial score (nSPS) is 12.3. The molecule has 0 aliphatic rings. The van der Waals surface area contributed by atoms with Crippen LogP contribution >= 0.6 is 34.7 Å². The predicted octanol–water partition coefficient (Wildman–Crippen LogP) is 5.38. The standard InChI is InChI=1S/C17H15ClN2OS2/c1-10-5-3-4-6-13(10)19-16(21)11(2)22-17-20-14-9-12(18)7-8-15(14)23-17/h3-9,11H,1-2H3,(H,19,21). The molecule has 3 rings (SSSR count). The van der Waals surface area contributed by atoms with Crippen LogP contribution in [0.25, 0.3) is 10.2 Å². The zero-order valence-corrected chi connectivity index (χ0v) is 15.1. The number of aryl methyl sites for hydroxylation is 1. The number of para-hydroxylation sites is 1. The number of hydrogen-bond donors (Lipinski definition) is 1. The molecule has 1 heterocycles. The third-order valence-corrected chi connectivity index (χ3v) is 5.85. The van der Waals surface area contributed by atoms with Crippen molar-refractivity contribution in [3.8, 4) is 0 Å². The molecular formula is C17H15ClN2OS2. The molecule has 0 aliphatic heterocycles. The molecule has 2 aromatic carbocycles. The first kappa shape index (κ1) is 16.3. The van der Waals surface area contributed by atoms with E-state index < -0.39 is 0 Å². The number of carbonyl (C=O) groups excluding carboxylic acids is 1. The van der Waals surface area contributed by atoms with Crippen LogP contribution in [0.4, 0.5) is 5.69 Å². The van der Waals surface area contributed by atoms with Crippen LogP contribution in [-0.4, -0.2) is 16.1 Å². The van der Waals surface area contributed by atoms with E-state index in [9.17, 15) is 4.79 Å². The fraction of sp³-hybridized carbons (Fsp3) is 0.176. The Morgan fingerprint density at radius 3 is 2.87 bits per heavy atom. The van der Waals surface area contributed by atoms with E-state index in [2.05, 4.69) is 10.3 Å². The van der Waals surface area contributed by atoms with Gasteiger partial charge in [0.15, 0.2) is 4.34 Å². The monoisotopic (exact) mass is 362 g/mol. The van der Waals surface area contributed by atoms with Crippen LogP contribution in [0.5, 0.6) is 0 Å². The van der Waals surface area contributed by atoms with Crippen molar-refractivity contribution in [1.29, 1.82) is 0 Å². The second-order valence-corrected chi connectivity index (χ2v) is 8.21. The van der Waals surface area contributed by atoms with Gasteiger partial charge in [0, 0.05) is 10.7 Å². The second-order valence-electron chi connectivity index (χ2n) is 5.16. The van der Waals surface area contributed by atoms with E-state index in [1.54, 1.807) is 11.3 Å². The zero-order valence-electron chi connectivity index (χ0n) is 12.7. The van der Waals surface area contributed by atoms with Crippen molar-refractivity contribution in [3.63, 3.8) is 0 Å². The van der Waals surface area contributed by atoms with Crippen LogP contribution in [0.15, 0.2) is 46.8 Å². The summed E-state index contributed by atoms with van der Waals surface area (Å²) < 4.78 is 1.94. The first-order valence-corrected chi connectivity index (χ1v) is 9.19. The number of carbonyl (C=O) groups is 1. The van der Waals surface area contributed by atoms with Crippen LogP contribution in [0.2, 0.25) is 5.02 Å². The number of amides is 1. The number of hydrogen-bond acceptors (Lipinski definition) is 4. The SMILES string of the molecule is Cc1ccccc1NC(=O)C(C)Sc1nc2cc(Cl)ccc2s1. The summed E-state index contributed by atoms with van der Waals surface area (Å²) in [7, 11) is 0. The van der Waals surface area contributed by atoms with Crippen LogP contribution in [0, 0.1) is 6.92 Å². The van der Waals surface area contributed by atoms with Gasteiger partial charge < -0.3 is 5.32 Å². The number of rotatable bonds is 4. The minimum atomic E-state index is -0.231. The van der Waals surface area contributed by atoms with Crippen molar-refractivity contribution in [3.05, 3.63) is 53.1 Å². The lowest BCUT2D eigenvalue weighted by Gasteiger charge is -2.12. The third-order valence-electron chi connectivity index (χ3n) is 3.38. The largest absolute Gasteiger partial charge is 0.325 e. The summed E-state index contributed by atoms with van der Waals surface area (Å²) in [5.74, 6) is -0.0263. The highest BCUT2D eigenvalue weighted by molar-refractivity contribution is 8.02. The molecule has 118 valence electrons. The van der Waals surface area contributed by atoms with Crippen LogP contribution in [-0.2, 0) is 4.79 Å². The maximum atomic E-state index is 12.4. The number of nitrogens with zero attached hydrogens (tertiary/aromatic N) is 1. The Labute approximate surface area is 148 Å². The molecule has 6 heteroatoms. The van der Waals surface area contributed by atoms with Gasteiger partial charge in [0.1, 0.15) is 0 Å². The van der Waals surface area contributed by atoms with Gasteiger partial charge >= 0.3 is 0 Å². The van der Waals surface area contributed by atoms with Gasteiger partial charge in [0.25, 0.3) is 0 Å². The van der Waals surface area contributed by atoms with E-state index in [-0.39, 0.29) is 11.2 Å². The van der Waals surface area contributed by atoms with Crippen LogP contribution < -0.4 is 5.32 Å². The van der Waals surface area contributed by atoms with Crippen molar-refractivity contribution in [2.45, 2.75) is 23.4 Å². The predicted molar refractivity (Wildman–Crippen MR) is 99.8 cm³/mol. The summed E-state index contributed by atoms with van der Waals surface area (Å²) in [6.07, 6.45) is 0. The molecule has 23 heavy (non-hydrogen) atoms. The van der Waals surface area contributed by atoms with Gasteiger partial charge in [-0.3, -0.25) is 4.79 Å². The highest BCUT2D eigenvalue weighted by Gasteiger charge is 2.17. The number of aromatic nitrogens is 1. The number of benzene rings is 2. The van der Waals surface area contributed by atoms with Gasteiger partial charge in [-0.1, -0.05) is 41.6 Å². The van der Waals surface area contributed by atoms with Gasteiger partial charge in [-0.25, -0.2) is 4.98 Å². The maximum Gasteiger partial charge on any atom is 0.237 e. The fourth-order valence-electron chi connectivity index (χ4n) is 2.08. The number of thioether (sulfide) groups is 1. The van der Waals surface area contributed by atoms with Crippen molar-refractivity contribution >= 4 is 56.5 Å². The van der Waals surface area contributed by atoms with Crippen molar-refractivity contribution in [2.24, 2.45) is 0 Å². The second kappa shape index (κ2) is 6.91. The molecule has 1 amide bonds. The van der Waals surface area contributed by atoms with Crippen LogP contribution in [0.3, 0.4) is 0 Å². The minimum Gasteiger partial charge on any atom is -0.325 e. The van der Waals surface area contributed by atoms with E-state index >= 15 is 0 Å². The molecule has 1 unspecified atom stereocenters. The Morgan fingerprint density at radius 1 is 1.30 bits per heavy atom. The molecule has 0 bridgehead atoms. The molecule has 0 radical (unpaired) electrons. The molecule has 3 nitrogen and oxygen atoms in total. The smallest absolute Gasteiger partial charge is 0.237 e. The molecule has 3 aromatic rings. The number of nitrogens with one attached hydrogen (secondary N) is 1. The molecule has 1 N–H and O–H groups in total. The molecular weight excluding hydrogens is 348 g/mol. The Hall–Kier alpha value is -1.56. The van der Waals surface area contributed by atoms with Crippen molar-refractivity contribution < 1.29 is 4.79 Å². The lowest BCUT2D eigenvalue weighted by atomic mass is 10.2. The minimum absolute atomic E-state index is 0.0263. The van der Waals surface area contributed by atoms with E-state index in [4.69, 9.17) is 11.6 Å². The average molecular weight is 363 g/mol. The molecule has 0 saturated carbocycles. The molecule has 0 saturated heterocycles. The maximum absolute atomic E-state index is 12.4. The van der Waals surface area contributed by atoms with E-state index in [1.165, 1.54) is 11.8 Å². The number of thiazole rings is 1. The van der Waals surface area contributed by atoms with Crippen LogP contribution in [0.1, 0.15) is 12.5 Å². The summed E-state index contributed by atoms with van der Waals surface area (Å²) in [6.45, 7) is 3.86. The molecule has 1 atom stereocenters. The quantitative estimate of drug-likeness (QED) is 0.634. The lowest BCUT2D eigenvalue weighted by Crippen LogP contribution is -2.22. The third kappa shape index (κ3) is 3.86. The molecule has 1 aromatic heterocycles. The van der Waals surface area contributed by atoms with E-state index in [1.807, 2.05) is 56.3 Å². The van der Waals surface area contributed by atoms with Gasteiger partial charge in [0.05, 0.1) is 15.5 Å². The van der Waals surface area contributed by atoms with Gasteiger partial charge in [-0.15, -0.1) is 11.3 Å². The number of halogens is 1. The Balaban J connectivity index is 1.71. The van der Waals surface area contributed by atoms with E-state index in [0.717, 1.165) is 25.8 Å². The number of anilines is 1. The summed E-state index contributed by atoms with van der Waals surface area (Å²) in [5, 5.41) is 3.41. The first-order valence-electron chi connectivity index (χ1n) is 7.12. The van der Waals surface area contributed by atoms with E-state index in [0.29, 0.717) is 5.02 Å². The summed E-state index contributed by atoms with van der Waals surface area (Å²) in [4.78, 5) is 16.9. The Kier molecular flexibility index (Phi) is 4.90. The number of fused-ring (bicyclic) bond motifs is 1. The van der Waals surface area contributed by atoms with Gasteiger partial charge in [0.2, 0.25) is 5.91 Å². The average Bonchev–Trinajstić information content (AvgIpc) is 2.90. The van der Waals surface area contributed by atoms with Gasteiger partial charge in [-0.2, -0.15) is 0 Å². The van der Waals surface area contributed by atoms with Gasteiger partial charge in [-0.05, 0) is 43.7 Å². The summed E-state index contributed by atoms with van der Waals surface area (Å²) >= 11 is 9.02. The highest BCUT2D eigenvalue weighted by Crippen LogP contribution is 2.33. The van der Waals surface area contributed by atoms with Crippen molar-refractivity contribution in [2.75, 3.05) is 5.32 Å². The first-order chi connectivity index (χ1) is 11.0. The fourth-order valence-corrected chi connectivity index (χ4v) is 4.44. The Bertz CT molecular complexity index is 863. The molecule has 0 spiro atoms. The molecule has 0 fully saturated rings. The topological polar surface area (TPSA) is 42.0 Å². The zero-order chi connectivity index (χ0) is 16.4. The summed E-state index contributed by atoms with van der Waals surface area (Å²) in [5.41, 5.74) is 2.77. The lowest BCUT2D eigenvalue weighted by molar-refractivity contribution is -0.115. The summed E-state index contributed by atoms with van der Waals surface area (Å²) in [6, 6.07) is 13.4. The highest BCUT2D eigenvalue weighted by atomic mass is 35.5.